The summed E-state index contributed by atoms with van der Waals surface area (Å²) < 4.78 is 5.58. The summed E-state index contributed by atoms with van der Waals surface area (Å²) in [6, 6.07) is 20.8. The summed E-state index contributed by atoms with van der Waals surface area (Å²) in [5.74, 6) is 0.967. The lowest BCUT2D eigenvalue weighted by atomic mass is 10.1. The Morgan fingerprint density at radius 2 is 1.61 bits per heavy atom. The van der Waals surface area contributed by atoms with Crippen LogP contribution in [0.1, 0.15) is 11.1 Å². The van der Waals surface area contributed by atoms with E-state index in [1.165, 1.54) is 29.5 Å². The van der Waals surface area contributed by atoms with Gasteiger partial charge in [-0.15, -0.1) is 0 Å². The average molecular weight is 306 g/mol. The predicted molar refractivity (Wildman–Crippen MR) is 86.7 cm³/mol. The van der Waals surface area contributed by atoms with Crippen molar-refractivity contribution in [1.29, 1.82) is 0 Å². The van der Waals surface area contributed by atoms with E-state index < -0.39 is 4.92 Å². The van der Waals surface area contributed by atoms with Crippen LogP contribution in [0.2, 0.25) is 0 Å². The highest BCUT2D eigenvalue weighted by Gasteiger charge is 2.06. The van der Waals surface area contributed by atoms with E-state index in [2.05, 4.69) is 17.1 Å². The van der Waals surface area contributed by atoms with Crippen molar-refractivity contribution in [2.75, 3.05) is 0 Å². The van der Waals surface area contributed by atoms with Crippen molar-refractivity contribution in [1.82, 2.24) is 4.98 Å². The summed E-state index contributed by atoms with van der Waals surface area (Å²) in [6.45, 7) is 0. The Bertz CT molecular complexity index is 785. The molecular weight excluding hydrogens is 292 g/mol. The molecule has 3 rings (SSSR count). The highest BCUT2D eigenvalue weighted by molar-refractivity contribution is 5.35. The lowest BCUT2D eigenvalue weighted by molar-refractivity contribution is -0.385. The summed E-state index contributed by atoms with van der Waals surface area (Å²) >= 11 is 0. The fourth-order valence-corrected chi connectivity index (χ4v) is 2.17. The van der Waals surface area contributed by atoms with Crippen LogP contribution in [0.5, 0.6) is 11.6 Å². The quantitative estimate of drug-likeness (QED) is 0.518. The molecular formula is C18H14N2O3. The normalized spacial score (nSPS) is 10.3. The number of nitro groups is 1. The smallest absolute Gasteiger partial charge is 0.287 e. The molecule has 0 unspecified atom stereocenters. The first-order chi connectivity index (χ1) is 11.2. The first-order valence-electron chi connectivity index (χ1n) is 7.12. The van der Waals surface area contributed by atoms with E-state index in [4.69, 9.17) is 4.74 Å². The highest BCUT2D eigenvalue weighted by Crippen LogP contribution is 2.22. The molecule has 0 N–H and O–H groups in total. The van der Waals surface area contributed by atoms with Crippen molar-refractivity contribution in [3.8, 4) is 11.6 Å². The molecule has 1 aromatic heterocycles. The number of rotatable bonds is 5. The van der Waals surface area contributed by atoms with Crippen LogP contribution < -0.4 is 4.74 Å². The molecule has 114 valence electrons. The van der Waals surface area contributed by atoms with E-state index in [1.807, 2.05) is 42.5 Å². The zero-order valence-electron chi connectivity index (χ0n) is 12.3. The van der Waals surface area contributed by atoms with E-state index >= 15 is 0 Å². The van der Waals surface area contributed by atoms with Gasteiger partial charge in [0, 0.05) is 12.1 Å². The van der Waals surface area contributed by atoms with Gasteiger partial charge in [0.15, 0.2) is 0 Å². The maximum atomic E-state index is 10.6. The molecule has 0 saturated heterocycles. The molecule has 0 atom stereocenters. The van der Waals surface area contributed by atoms with E-state index in [0.29, 0.717) is 11.6 Å². The molecule has 2 aromatic carbocycles. The van der Waals surface area contributed by atoms with E-state index in [1.54, 1.807) is 0 Å². The molecule has 0 aliphatic rings. The third-order valence-corrected chi connectivity index (χ3v) is 3.33. The number of ether oxygens (including phenoxy) is 1. The van der Waals surface area contributed by atoms with Gasteiger partial charge in [0.1, 0.15) is 11.9 Å². The molecule has 1 heterocycles. The Morgan fingerprint density at radius 1 is 0.913 bits per heavy atom. The maximum Gasteiger partial charge on any atom is 0.287 e. The van der Waals surface area contributed by atoms with Crippen LogP contribution in [-0.4, -0.2) is 9.91 Å². The third-order valence-electron chi connectivity index (χ3n) is 3.33. The highest BCUT2D eigenvalue weighted by atomic mass is 16.6. The SMILES string of the molecule is O=[N+]([O-])c1ccc(Oc2ccc(Cc3ccccc3)cc2)nc1. The molecule has 0 radical (unpaired) electrons. The van der Waals surface area contributed by atoms with Crippen molar-refractivity contribution in [3.05, 3.63) is 94.2 Å². The molecule has 5 nitrogen and oxygen atoms in total. The zero-order chi connectivity index (χ0) is 16.1. The Morgan fingerprint density at radius 3 is 2.22 bits per heavy atom. The third kappa shape index (κ3) is 3.91. The maximum absolute atomic E-state index is 10.6. The van der Waals surface area contributed by atoms with Gasteiger partial charge in [-0.2, -0.15) is 0 Å². The lowest BCUT2D eigenvalue weighted by Gasteiger charge is -2.06. The molecule has 23 heavy (non-hydrogen) atoms. The number of nitrogens with zero attached hydrogens (tertiary/aromatic N) is 2. The van der Waals surface area contributed by atoms with Gasteiger partial charge in [-0.25, -0.2) is 4.98 Å². The lowest BCUT2D eigenvalue weighted by Crippen LogP contribution is -1.92. The Labute approximate surface area is 133 Å². The monoisotopic (exact) mass is 306 g/mol. The average Bonchev–Trinajstić information content (AvgIpc) is 2.58. The summed E-state index contributed by atoms with van der Waals surface area (Å²) in [5, 5.41) is 10.6. The fraction of sp³-hybridized carbons (Fsp3) is 0.0556. The molecule has 0 aliphatic heterocycles. The van der Waals surface area contributed by atoms with E-state index in [9.17, 15) is 10.1 Å². The van der Waals surface area contributed by atoms with Gasteiger partial charge in [0.05, 0.1) is 4.92 Å². The molecule has 5 heteroatoms. The van der Waals surface area contributed by atoms with Crippen LogP contribution in [0, 0.1) is 10.1 Å². The predicted octanol–water partition coefficient (Wildman–Crippen LogP) is 4.37. The number of aromatic nitrogens is 1. The van der Waals surface area contributed by atoms with Gasteiger partial charge in [0.25, 0.3) is 5.69 Å². The van der Waals surface area contributed by atoms with Crippen LogP contribution in [0.15, 0.2) is 72.9 Å². The zero-order valence-corrected chi connectivity index (χ0v) is 12.3. The summed E-state index contributed by atoms with van der Waals surface area (Å²) in [5.41, 5.74) is 2.37. The van der Waals surface area contributed by atoms with Crippen LogP contribution in [0.4, 0.5) is 5.69 Å². The van der Waals surface area contributed by atoms with Gasteiger partial charge < -0.3 is 4.74 Å². The first kappa shape index (κ1) is 14.7. The van der Waals surface area contributed by atoms with Crippen LogP contribution in [-0.2, 0) is 6.42 Å². The molecule has 0 aliphatic carbocycles. The van der Waals surface area contributed by atoms with Crippen molar-refractivity contribution in [2.45, 2.75) is 6.42 Å². The largest absolute Gasteiger partial charge is 0.439 e. The second-order valence-electron chi connectivity index (χ2n) is 5.02. The van der Waals surface area contributed by atoms with Gasteiger partial charge in [-0.3, -0.25) is 10.1 Å². The Kier molecular flexibility index (Phi) is 4.29. The van der Waals surface area contributed by atoms with Crippen LogP contribution in [0.25, 0.3) is 0 Å². The Hall–Kier alpha value is -3.21. The molecule has 0 bridgehead atoms. The van der Waals surface area contributed by atoms with Crippen molar-refractivity contribution < 1.29 is 9.66 Å². The summed E-state index contributed by atoms with van der Waals surface area (Å²) in [7, 11) is 0. The second kappa shape index (κ2) is 6.70. The molecule has 3 aromatic rings. The number of hydrogen-bond acceptors (Lipinski definition) is 4. The molecule has 0 saturated carbocycles. The number of benzene rings is 2. The van der Waals surface area contributed by atoms with Crippen molar-refractivity contribution in [2.24, 2.45) is 0 Å². The Balaban J connectivity index is 1.66. The standard InChI is InChI=1S/C18H14N2O3/c21-20(22)16-8-11-18(19-13-16)23-17-9-6-15(7-10-17)12-14-4-2-1-3-5-14/h1-11,13H,12H2. The molecule has 0 amide bonds. The molecule has 0 fully saturated rings. The first-order valence-corrected chi connectivity index (χ1v) is 7.12. The van der Waals surface area contributed by atoms with Gasteiger partial charge in [0.2, 0.25) is 5.88 Å². The topological polar surface area (TPSA) is 65.3 Å². The minimum absolute atomic E-state index is 0.0597. The van der Waals surface area contributed by atoms with E-state index in [-0.39, 0.29) is 5.69 Å². The number of hydrogen-bond donors (Lipinski definition) is 0. The van der Waals surface area contributed by atoms with Crippen LogP contribution in [0.3, 0.4) is 0 Å². The second-order valence-corrected chi connectivity index (χ2v) is 5.02. The number of pyridine rings is 1. The van der Waals surface area contributed by atoms with Gasteiger partial charge in [-0.05, 0) is 29.7 Å². The minimum Gasteiger partial charge on any atom is -0.439 e. The summed E-state index contributed by atoms with van der Waals surface area (Å²) in [6.07, 6.45) is 2.04. The van der Waals surface area contributed by atoms with Crippen LogP contribution >= 0.6 is 0 Å². The molecule has 0 spiro atoms. The van der Waals surface area contributed by atoms with Gasteiger partial charge in [-0.1, -0.05) is 42.5 Å². The minimum atomic E-state index is -0.491. The van der Waals surface area contributed by atoms with Gasteiger partial charge >= 0.3 is 0 Å². The van der Waals surface area contributed by atoms with Crippen molar-refractivity contribution in [3.63, 3.8) is 0 Å². The van der Waals surface area contributed by atoms with Crippen molar-refractivity contribution >= 4 is 5.69 Å². The fourth-order valence-electron chi connectivity index (χ4n) is 2.17. The summed E-state index contributed by atoms with van der Waals surface area (Å²) in [4.78, 5) is 14.0. The van der Waals surface area contributed by atoms with E-state index in [0.717, 1.165) is 6.42 Å².